The summed E-state index contributed by atoms with van der Waals surface area (Å²) in [5, 5.41) is 6.65. The monoisotopic (exact) mass is 1080 g/mol. The normalized spacial score (nSPS) is 17.2. The van der Waals surface area contributed by atoms with Crippen LogP contribution in [-0.4, -0.2) is 138 Å². The van der Waals surface area contributed by atoms with E-state index in [4.69, 9.17) is 38.4 Å². The fourth-order valence-electron chi connectivity index (χ4n) is 8.15. The molecule has 2 heterocycles. The highest BCUT2D eigenvalue weighted by atomic mass is 35.5. The highest BCUT2D eigenvalue weighted by Gasteiger charge is 2.36. The molecular weight excluding hydrogens is 1010 g/mol. The van der Waals surface area contributed by atoms with Crippen LogP contribution in [0.25, 0.3) is 11.3 Å². The number of unbranched alkanes of at least 4 members (excludes halogenated alkanes) is 1. The Labute approximate surface area is 460 Å². The van der Waals surface area contributed by atoms with Crippen molar-refractivity contribution in [3.63, 3.8) is 0 Å². The van der Waals surface area contributed by atoms with Crippen LogP contribution >= 0.6 is 23.2 Å². The standard InChI is InChI=1S/C47H61Cl2N9O7.C7H8.C4H10/c1-54(2)29-42-52-27-40(57(42)5)32-12-17-37(18-13-32)65-41-25-35(49)16-11-33(41)28-58-39(8-7-21-50)46(62)53-38(30-64-6)47(63)56(4)36(24-31-9-14-34(48)15-10-31)26-43(59)51-22-23-55(3)44(60)19-20-45(58)61;1-7-5-3-2-4-6-7;1-3-4-2/h9-18,25,27,36,38-39H,7-8,19-24,26,28-30,50H2,1-6H3,(H,51,59)(H,53,62);2-6H,1H3;3-4H2,1-2H3. The average molecular weight is 1090 g/mol. The van der Waals surface area contributed by atoms with Gasteiger partial charge in [0.05, 0.1) is 31.6 Å². The molecule has 4 N–H and O–H groups in total. The van der Waals surface area contributed by atoms with E-state index in [2.05, 4.69) is 53.4 Å². The highest BCUT2D eigenvalue weighted by Crippen LogP contribution is 2.32. The zero-order valence-electron chi connectivity index (χ0n) is 45.8. The molecule has 1 aromatic heterocycles. The van der Waals surface area contributed by atoms with E-state index in [-0.39, 0.29) is 70.3 Å². The molecule has 412 valence electrons. The van der Waals surface area contributed by atoms with Crippen molar-refractivity contribution in [3.05, 3.63) is 136 Å². The molecule has 4 aromatic carbocycles. The number of nitrogens with two attached hydrogens (primary N) is 1. The van der Waals surface area contributed by atoms with Crippen molar-refractivity contribution < 1.29 is 33.4 Å². The van der Waals surface area contributed by atoms with E-state index < -0.39 is 35.8 Å². The first-order valence-corrected chi connectivity index (χ1v) is 26.7. The molecule has 76 heavy (non-hydrogen) atoms. The summed E-state index contributed by atoms with van der Waals surface area (Å²) < 4.78 is 13.9. The van der Waals surface area contributed by atoms with Gasteiger partial charge in [-0.25, -0.2) is 4.98 Å². The number of aromatic nitrogens is 2. The molecular formula is C58H79Cl2N9O7. The molecule has 5 amide bonds. The lowest BCUT2D eigenvalue weighted by molar-refractivity contribution is -0.145. The van der Waals surface area contributed by atoms with E-state index in [0.717, 1.165) is 22.6 Å². The number of methoxy groups -OCH3 is 1. The van der Waals surface area contributed by atoms with E-state index in [1.165, 1.54) is 40.2 Å². The maximum absolute atomic E-state index is 14.6. The summed E-state index contributed by atoms with van der Waals surface area (Å²) in [6, 6.07) is 27.0. The van der Waals surface area contributed by atoms with Crippen molar-refractivity contribution in [2.45, 2.75) is 103 Å². The third-order valence-electron chi connectivity index (χ3n) is 12.8. The molecule has 6 rings (SSSR count). The minimum absolute atomic E-state index is 0.0600. The number of amides is 5. The fourth-order valence-corrected chi connectivity index (χ4v) is 8.43. The number of carbonyl (C=O) groups is 5. The molecule has 0 radical (unpaired) electrons. The topological polar surface area (TPSA) is 185 Å². The Balaban J connectivity index is 0.00000101. The van der Waals surface area contributed by atoms with E-state index in [9.17, 15) is 24.0 Å². The number of ether oxygens (including phenoxy) is 2. The van der Waals surface area contributed by atoms with E-state index in [0.29, 0.717) is 46.5 Å². The summed E-state index contributed by atoms with van der Waals surface area (Å²) in [5.74, 6) is -0.473. The summed E-state index contributed by atoms with van der Waals surface area (Å²) in [6.07, 6.45) is 4.82. The van der Waals surface area contributed by atoms with E-state index in [1.807, 2.05) is 86.5 Å². The molecule has 18 heteroatoms. The molecule has 16 nitrogen and oxygen atoms in total. The molecule has 0 aliphatic carbocycles. The fraction of sp³-hybridized carbons (Fsp3) is 0.448. The lowest BCUT2D eigenvalue weighted by atomic mass is 10.0. The van der Waals surface area contributed by atoms with Gasteiger partial charge in [0.2, 0.25) is 29.5 Å². The van der Waals surface area contributed by atoms with Gasteiger partial charge in [-0.1, -0.05) is 104 Å². The smallest absolute Gasteiger partial charge is 0.247 e. The van der Waals surface area contributed by atoms with Crippen LogP contribution in [0.4, 0.5) is 0 Å². The van der Waals surface area contributed by atoms with Crippen LogP contribution in [0.2, 0.25) is 10.0 Å². The van der Waals surface area contributed by atoms with Crippen molar-refractivity contribution >= 4 is 52.7 Å². The third-order valence-corrected chi connectivity index (χ3v) is 13.3. The van der Waals surface area contributed by atoms with Gasteiger partial charge in [-0.2, -0.15) is 0 Å². The molecule has 0 spiro atoms. The second kappa shape index (κ2) is 32.3. The van der Waals surface area contributed by atoms with Gasteiger partial charge in [0.1, 0.15) is 29.4 Å². The third kappa shape index (κ3) is 20.0. The van der Waals surface area contributed by atoms with Gasteiger partial charge in [0.15, 0.2) is 0 Å². The first-order chi connectivity index (χ1) is 36.4. The number of hydrogen-bond donors (Lipinski definition) is 3. The Bertz CT molecular complexity index is 2600. The van der Waals surface area contributed by atoms with Gasteiger partial charge in [-0.05, 0) is 101 Å². The van der Waals surface area contributed by atoms with Crippen molar-refractivity contribution in [1.29, 1.82) is 0 Å². The zero-order valence-corrected chi connectivity index (χ0v) is 47.3. The zero-order chi connectivity index (χ0) is 55.7. The summed E-state index contributed by atoms with van der Waals surface area (Å²) in [7, 11) is 10.5. The van der Waals surface area contributed by atoms with Gasteiger partial charge in [0, 0.05) is 87.8 Å². The molecule has 1 aliphatic rings. The predicted molar refractivity (Wildman–Crippen MR) is 302 cm³/mol. The van der Waals surface area contributed by atoms with Crippen LogP contribution < -0.4 is 21.1 Å². The minimum Gasteiger partial charge on any atom is -0.457 e. The largest absolute Gasteiger partial charge is 0.457 e. The molecule has 3 unspecified atom stereocenters. The summed E-state index contributed by atoms with van der Waals surface area (Å²) in [6.45, 7) is 7.37. The lowest BCUT2D eigenvalue weighted by Gasteiger charge is -2.35. The summed E-state index contributed by atoms with van der Waals surface area (Å²) in [5.41, 5.74) is 10.6. The van der Waals surface area contributed by atoms with E-state index in [1.54, 1.807) is 44.4 Å². The van der Waals surface area contributed by atoms with Crippen LogP contribution in [-0.2, 0) is 55.3 Å². The minimum atomic E-state index is -1.19. The lowest BCUT2D eigenvalue weighted by Crippen LogP contribution is -2.58. The Hall–Kier alpha value is -6.30. The second-order valence-corrected chi connectivity index (χ2v) is 20.1. The number of likely N-dealkylation sites (N-methyl/N-ethyl adjacent to an activating group) is 2. The van der Waals surface area contributed by atoms with Crippen molar-refractivity contribution in [3.8, 4) is 22.8 Å². The van der Waals surface area contributed by atoms with Crippen LogP contribution in [0.5, 0.6) is 11.5 Å². The van der Waals surface area contributed by atoms with Gasteiger partial charge in [-0.15, -0.1) is 0 Å². The van der Waals surface area contributed by atoms with Gasteiger partial charge in [-0.3, -0.25) is 24.0 Å². The maximum atomic E-state index is 14.6. The average Bonchev–Trinajstić information content (AvgIpc) is 3.76. The van der Waals surface area contributed by atoms with Gasteiger partial charge >= 0.3 is 0 Å². The second-order valence-electron chi connectivity index (χ2n) is 19.2. The molecule has 1 fully saturated rings. The van der Waals surface area contributed by atoms with Crippen molar-refractivity contribution in [2.75, 3.05) is 61.5 Å². The number of rotatable bonds is 15. The molecule has 1 saturated heterocycles. The molecule has 5 aromatic rings. The van der Waals surface area contributed by atoms with Crippen molar-refractivity contribution in [2.24, 2.45) is 12.8 Å². The van der Waals surface area contributed by atoms with Gasteiger partial charge < -0.3 is 50.0 Å². The number of benzene rings is 4. The predicted octanol–water partition coefficient (Wildman–Crippen LogP) is 8.44. The van der Waals surface area contributed by atoms with E-state index >= 15 is 0 Å². The number of carbonyl (C=O) groups excluding carboxylic acids is 5. The number of nitrogens with one attached hydrogen (secondary N) is 2. The number of imidazole rings is 1. The summed E-state index contributed by atoms with van der Waals surface area (Å²) >= 11 is 12.7. The van der Waals surface area contributed by atoms with Crippen LogP contribution in [0.1, 0.15) is 81.3 Å². The number of hydrogen-bond acceptors (Lipinski definition) is 10. The Morgan fingerprint density at radius 2 is 1.50 bits per heavy atom. The summed E-state index contributed by atoms with van der Waals surface area (Å²) in [4.78, 5) is 81.2. The first-order valence-electron chi connectivity index (χ1n) is 25.9. The van der Waals surface area contributed by atoms with Crippen molar-refractivity contribution in [1.82, 2.24) is 39.8 Å². The van der Waals surface area contributed by atoms with Crippen LogP contribution in [0.15, 0.2) is 103 Å². The quantitative estimate of drug-likeness (QED) is 0.0920. The molecule has 0 bridgehead atoms. The Morgan fingerprint density at radius 3 is 2.11 bits per heavy atom. The number of aryl methyl sites for hydroxylation is 1. The van der Waals surface area contributed by atoms with Crippen LogP contribution in [0.3, 0.4) is 0 Å². The SMILES string of the molecule is CCCC.COCC1NC(=O)C(CCCN)N(Cc2ccc(Cl)cc2Oc2ccc(-c3cnc(CN(C)C)n3C)cc2)C(=O)CCC(=O)N(C)CCNC(=O)CC(Cc2ccc(Cl)cc2)N(C)C1=O.Cc1ccccc1. The first kappa shape index (κ1) is 62.2. The Kier molecular flexibility index (Phi) is 26.5. The Morgan fingerprint density at radius 1 is 0.842 bits per heavy atom. The molecule has 0 saturated carbocycles. The molecule has 3 atom stereocenters. The highest BCUT2D eigenvalue weighted by molar-refractivity contribution is 6.31. The number of nitrogens with zero attached hydrogens (tertiary/aromatic N) is 6. The van der Waals surface area contributed by atoms with Gasteiger partial charge in [0.25, 0.3) is 0 Å². The number of halogens is 2. The molecule has 1 aliphatic heterocycles. The van der Waals surface area contributed by atoms with Crippen LogP contribution in [0, 0.1) is 6.92 Å². The maximum Gasteiger partial charge on any atom is 0.247 e.